The van der Waals surface area contributed by atoms with Crippen molar-refractivity contribution < 1.29 is 26.6 Å². The molecule has 0 heterocycles. The van der Waals surface area contributed by atoms with Crippen LogP contribution in [0.2, 0.25) is 12.1 Å². The Balaban J connectivity index is 2.62. The normalized spacial score (nSPS) is 21.2. The van der Waals surface area contributed by atoms with Crippen LogP contribution in [0.1, 0.15) is 106 Å². The van der Waals surface area contributed by atoms with Gasteiger partial charge < -0.3 is 26.6 Å². The van der Waals surface area contributed by atoms with Crippen LogP contribution in [0.5, 0.6) is 0 Å². The van der Waals surface area contributed by atoms with Gasteiger partial charge in [-0.2, -0.15) is 0 Å². The molecule has 0 radical (unpaired) electrons. The standard InChI is InChI=1S/C31H66O6S4Si2/c1-8-17-29-18-19-30(20-24-40(38)22-15-26-42(32-9-2,33-10-3)34-11-4)31(28-29)21-25-41(39)23-16-27-43(35-12-5,36-13-6)37-14-7/h29-31H,8-28H2,1-7H3. The Labute approximate surface area is 282 Å². The summed E-state index contributed by atoms with van der Waals surface area (Å²) in [7, 11) is -5.12. The van der Waals surface area contributed by atoms with Gasteiger partial charge in [-0.15, -0.1) is 18.9 Å². The van der Waals surface area contributed by atoms with Gasteiger partial charge in [0, 0.05) is 51.7 Å². The van der Waals surface area contributed by atoms with E-state index >= 15 is 0 Å². The fourth-order valence-electron chi connectivity index (χ4n) is 6.50. The van der Waals surface area contributed by atoms with Gasteiger partial charge in [-0.3, -0.25) is 0 Å². The molecule has 0 spiro atoms. The average molecular weight is 719 g/mol. The zero-order valence-electron chi connectivity index (χ0n) is 28.7. The Morgan fingerprint density at radius 1 is 0.535 bits per heavy atom. The van der Waals surface area contributed by atoms with Crippen LogP contribution in [-0.4, -0.2) is 80.3 Å². The number of hydrogen-bond donors (Lipinski definition) is 0. The summed E-state index contributed by atoms with van der Waals surface area (Å²) >= 11 is 12.0. The molecule has 0 bridgehead atoms. The Bertz CT molecular complexity index is 717. The molecule has 258 valence electrons. The molecule has 1 fully saturated rings. The van der Waals surface area contributed by atoms with Gasteiger partial charge in [-0.05, 0) is 121 Å². The van der Waals surface area contributed by atoms with Gasteiger partial charge in [0.15, 0.2) is 0 Å². The summed E-state index contributed by atoms with van der Waals surface area (Å²) in [5.41, 5.74) is 0. The van der Waals surface area contributed by atoms with Gasteiger partial charge in [-0.1, -0.05) is 48.6 Å². The molecule has 5 atom stereocenters. The van der Waals surface area contributed by atoms with Crippen molar-refractivity contribution in [3.05, 3.63) is 0 Å². The van der Waals surface area contributed by atoms with Crippen LogP contribution in [-0.2, 0) is 67.8 Å². The van der Waals surface area contributed by atoms with E-state index < -0.39 is 17.6 Å². The van der Waals surface area contributed by atoms with Gasteiger partial charge in [0.1, 0.15) is 0 Å². The molecule has 0 aromatic carbocycles. The molecule has 0 amide bonds. The molecule has 0 saturated heterocycles. The maximum atomic E-state index is 6.05. The van der Waals surface area contributed by atoms with Crippen LogP contribution in [0.15, 0.2) is 0 Å². The Morgan fingerprint density at radius 3 is 1.30 bits per heavy atom. The monoisotopic (exact) mass is 718 g/mol. The Kier molecular flexibility index (Phi) is 25.0. The molecule has 1 aliphatic rings. The van der Waals surface area contributed by atoms with Crippen molar-refractivity contribution in [2.45, 2.75) is 118 Å². The maximum Gasteiger partial charge on any atom is 0.500 e. The summed E-state index contributed by atoms with van der Waals surface area (Å²) in [5, 5.41) is 0. The second-order valence-corrected chi connectivity index (χ2v) is 23.1. The second-order valence-electron chi connectivity index (χ2n) is 11.4. The zero-order chi connectivity index (χ0) is 32.0. The largest absolute Gasteiger partial charge is 0.500 e. The first-order valence-corrected chi connectivity index (χ1v) is 26.1. The predicted octanol–water partition coefficient (Wildman–Crippen LogP) is 7.64. The van der Waals surface area contributed by atoms with Gasteiger partial charge in [0.25, 0.3) is 0 Å². The Morgan fingerprint density at radius 2 is 0.930 bits per heavy atom. The molecule has 0 aromatic heterocycles. The maximum absolute atomic E-state index is 6.05. The first-order valence-electron chi connectivity index (χ1n) is 17.3. The number of rotatable bonds is 28. The summed E-state index contributed by atoms with van der Waals surface area (Å²) < 4.78 is 36.3. The van der Waals surface area contributed by atoms with Gasteiger partial charge >= 0.3 is 17.6 Å². The molecule has 1 aliphatic carbocycles. The van der Waals surface area contributed by atoms with E-state index in [9.17, 15) is 0 Å². The summed E-state index contributed by atoms with van der Waals surface area (Å²) in [4.78, 5) is 0. The SMILES string of the molecule is CCCC1CCC(CCS(=S)CCC[Si](OCC)(OCC)OCC)C(CCS(=S)CCC[Si](OCC)(OCC)OCC)C1. The van der Waals surface area contributed by atoms with E-state index in [4.69, 9.17) is 48.9 Å². The van der Waals surface area contributed by atoms with Crippen molar-refractivity contribution in [2.75, 3.05) is 62.7 Å². The quantitative estimate of drug-likeness (QED) is 0.0766. The minimum atomic E-state index is -2.57. The third kappa shape index (κ3) is 17.3. The van der Waals surface area contributed by atoms with E-state index in [2.05, 4.69) is 6.92 Å². The lowest BCUT2D eigenvalue weighted by atomic mass is 9.71. The van der Waals surface area contributed by atoms with Crippen molar-refractivity contribution in [1.82, 2.24) is 0 Å². The van der Waals surface area contributed by atoms with Gasteiger partial charge in [0.05, 0.1) is 0 Å². The summed E-state index contributed by atoms with van der Waals surface area (Å²) in [6.45, 7) is 18.3. The lowest BCUT2D eigenvalue weighted by Crippen LogP contribution is -2.46. The van der Waals surface area contributed by atoms with E-state index in [1.54, 1.807) is 0 Å². The third-order valence-corrected chi connectivity index (χ3v) is 19.4. The molecule has 12 heteroatoms. The number of hydrogen-bond acceptors (Lipinski definition) is 8. The fourth-order valence-corrected chi connectivity index (χ4v) is 16.0. The van der Waals surface area contributed by atoms with Crippen molar-refractivity contribution >= 4 is 58.9 Å². The summed E-state index contributed by atoms with van der Waals surface area (Å²) in [5.74, 6) is 6.96. The van der Waals surface area contributed by atoms with Crippen LogP contribution in [0.25, 0.3) is 0 Å². The molecule has 0 N–H and O–H groups in total. The third-order valence-electron chi connectivity index (χ3n) is 8.27. The highest BCUT2D eigenvalue weighted by Gasteiger charge is 2.40. The van der Waals surface area contributed by atoms with E-state index in [0.717, 1.165) is 54.2 Å². The first kappa shape index (κ1) is 42.4. The van der Waals surface area contributed by atoms with Gasteiger partial charge in [-0.25, -0.2) is 0 Å². The van der Waals surface area contributed by atoms with E-state index in [1.807, 2.05) is 41.5 Å². The van der Waals surface area contributed by atoms with Crippen LogP contribution in [0.3, 0.4) is 0 Å². The minimum Gasteiger partial charge on any atom is -0.374 e. The fraction of sp³-hybridized carbons (Fsp3) is 1.00. The van der Waals surface area contributed by atoms with Crippen molar-refractivity contribution in [3.8, 4) is 0 Å². The molecular formula is C31H66O6S4Si2. The molecule has 0 aliphatic heterocycles. The van der Waals surface area contributed by atoms with Crippen LogP contribution in [0.4, 0.5) is 0 Å². The highest BCUT2D eigenvalue weighted by Crippen LogP contribution is 2.40. The molecule has 1 saturated carbocycles. The minimum absolute atomic E-state index is 0.00892. The van der Waals surface area contributed by atoms with Crippen molar-refractivity contribution in [1.29, 1.82) is 0 Å². The van der Waals surface area contributed by atoms with Crippen LogP contribution in [0, 0.1) is 17.8 Å². The molecule has 1 rings (SSSR count). The molecule has 5 unspecified atom stereocenters. The van der Waals surface area contributed by atoms with Crippen molar-refractivity contribution in [2.24, 2.45) is 17.8 Å². The van der Waals surface area contributed by atoms with Gasteiger partial charge in [0.2, 0.25) is 0 Å². The smallest absolute Gasteiger partial charge is 0.374 e. The summed E-state index contributed by atoms with van der Waals surface area (Å²) in [6, 6.07) is 1.75. The molecule has 43 heavy (non-hydrogen) atoms. The zero-order valence-corrected chi connectivity index (χ0v) is 33.9. The van der Waals surface area contributed by atoms with Crippen LogP contribution < -0.4 is 0 Å². The van der Waals surface area contributed by atoms with E-state index in [-0.39, 0.29) is 18.9 Å². The first-order chi connectivity index (χ1) is 20.8. The Hall–Kier alpha value is 1.33. The van der Waals surface area contributed by atoms with Crippen molar-refractivity contribution in [3.63, 3.8) is 0 Å². The highest BCUT2D eigenvalue weighted by atomic mass is 32.8. The molecule has 0 aromatic rings. The average Bonchev–Trinajstić information content (AvgIpc) is 2.96. The lowest BCUT2D eigenvalue weighted by molar-refractivity contribution is 0.0704. The van der Waals surface area contributed by atoms with E-state index in [1.165, 1.54) is 56.5 Å². The predicted molar refractivity (Wildman–Crippen MR) is 198 cm³/mol. The molecular weight excluding hydrogens is 653 g/mol. The summed E-state index contributed by atoms with van der Waals surface area (Å²) in [6.07, 6.45) is 11.4. The second kappa shape index (κ2) is 25.4. The van der Waals surface area contributed by atoms with E-state index in [0.29, 0.717) is 39.6 Å². The van der Waals surface area contributed by atoms with Crippen LogP contribution >= 0.6 is 0 Å². The topological polar surface area (TPSA) is 55.4 Å². The lowest BCUT2D eigenvalue weighted by Gasteiger charge is -2.37. The molecule has 6 nitrogen and oxygen atoms in total. The highest BCUT2D eigenvalue weighted by molar-refractivity contribution is 8.29.